The van der Waals surface area contributed by atoms with Crippen molar-refractivity contribution >= 4 is 0 Å². The number of hydrogen-bond donors (Lipinski definition) is 1. The molecular formula is C14H19N5. The monoisotopic (exact) mass is 257 g/mol. The van der Waals surface area contributed by atoms with Gasteiger partial charge in [0.25, 0.3) is 0 Å². The van der Waals surface area contributed by atoms with Crippen LogP contribution in [0, 0.1) is 0 Å². The van der Waals surface area contributed by atoms with Crippen LogP contribution >= 0.6 is 0 Å². The van der Waals surface area contributed by atoms with Crippen LogP contribution in [-0.2, 0) is 12.0 Å². The van der Waals surface area contributed by atoms with E-state index in [-0.39, 0.29) is 5.41 Å². The quantitative estimate of drug-likeness (QED) is 0.902. The van der Waals surface area contributed by atoms with Gasteiger partial charge in [0.2, 0.25) is 0 Å². The Kier molecular flexibility index (Phi) is 3.29. The molecule has 1 aliphatic heterocycles. The van der Waals surface area contributed by atoms with Gasteiger partial charge in [0.1, 0.15) is 0 Å². The molecule has 0 aliphatic carbocycles. The lowest BCUT2D eigenvalue weighted by atomic mass is 9.78. The normalized spacial score (nSPS) is 18.4. The van der Waals surface area contributed by atoms with Crippen molar-refractivity contribution in [2.75, 3.05) is 13.1 Å². The minimum absolute atomic E-state index is 0.212. The van der Waals surface area contributed by atoms with Crippen molar-refractivity contribution in [2.45, 2.75) is 31.7 Å². The summed E-state index contributed by atoms with van der Waals surface area (Å²) >= 11 is 0. The van der Waals surface area contributed by atoms with Crippen molar-refractivity contribution in [3.8, 4) is 0 Å². The molecule has 0 radical (unpaired) electrons. The van der Waals surface area contributed by atoms with Crippen LogP contribution in [-0.4, -0.2) is 32.8 Å². The third-order valence-corrected chi connectivity index (χ3v) is 4.00. The van der Waals surface area contributed by atoms with E-state index in [0.717, 1.165) is 38.2 Å². The van der Waals surface area contributed by atoms with Crippen LogP contribution in [0.4, 0.5) is 0 Å². The van der Waals surface area contributed by atoms with Crippen molar-refractivity contribution in [1.82, 2.24) is 25.1 Å². The summed E-state index contributed by atoms with van der Waals surface area (Å²) in [4.78, 5) is 4.33. The number of hydrogen-bond acceptors (Lipinski definition) is 4. The highest BCUT2D eigenvalue weighted by atomic mass is 15.1. The van der Waals surface area contributed by atoms with Gasteiger partial charge >= 0.3 is 0 Å². The molecule has 0 bridgehead atoms. The molecule has 0 unspecified atom stereocenters. The van der Waals surface area contributed by atoms with Crippen LogP contribution < -0.4 is 5.32 Å². The maximum atomic E-state index is 4.33. The van der Waals surface area contributed by atoms with Crippen molar-refractivity contribution in [3.63, 3.8) is 0 Å². The second-order valence-corrected chi connectivity index (χ2v) is 5.43. The molecule has 1 fully saturated rings. The predicted octanol–water partition coefficient (Wildman–Crippen LogP) is 1.36. The van der Waals surface area contributed by atoms with Gasteiger partial charge in [0.15, 0.2) is 0 Å². The molecule has 19 heavy (non-hydrogen) atoms. The first-order chi connectivity index (χ1) is 9.28. The lowest BCUT2D eigenvalue weighted by molar-refractivity contribution is 0.318. The summed E-state index contributed by atoms with van der Waals surface area (Å²) in [5, 5.41) is 11.5. The van der Waals surface area contributed by atoms with E-state index in [1.54, 1.807) is 6.20 Å². The molecule has 1 saturated heterocycles. The van der Waals surface area contributed by atoms with Crippen LogP contribution in [0.15, 0.2) is 30.9 Å². The highest BCUT2D eigenvalue weighted by molar-refractivity contribution is 5.17. The highest BCUT2D eigenvalue weighted by Crippen LogP contribution is 2.32. The van der Waals surface area contributed by atoms with E-state index in [9.17, 15) is 0 Å². The zero-order chi connectivity index (χ0) is 13.1. The number of nitrogens with one attached hydrogen (secondary N) is 1. The molecule has 1 N–H and O–H groups in total. The summed E-state index contributed by atoms with van der Waals surface area (Å²) in [7, 11) is 0. The van der Waals surface area contributed by atoms with Gasteiger partial charge in [-0.25, -0.2) is 4.98 Å². The van der Waals surface area contributed by atoms with Crippen molar-refractivity contribution in [1.29, 1.82) is 0 Å². The Bertz CT molecular complexity index is 528. The predicted molar refractivity (Wildman–Crippen MR) is 72.8 cm³/mol. The molecule has 100 valence electrons. The SMILES string of the molecule is CC1(c2cncn2Cc2cccnn2)CCNCC1. The Hall–Kier alpha value is -1.75. The van der Waals surface area contributed by atoms with Crippen LogP contribution in [0.5, 0.6) is 0 Å². The van der Waals surface area contributed by atoms with E-state index in [4.69, 9.17) is 0 Å². The molecule has 0 saturated carbocycles. The van der Waals surface area contributed by atoms with E-state index < -0.39 is 0 Å². The molecular weight excluding hydrogens is 238 g/mol. The van der Waals surface area contributed by atoms with Gasteiger partial charge in [-0.05, 0) is 38.1 Å². The lowest BCUT2D eigenvalue weighted by Crippen LogP contribution is -2.39. The van der Waals surface area contributed by atoms with Gasteiger partial charge in [0.05, 0.1) is 18.6 Å². The summed E-state index contributed by atoms with van der Waals surface area (Å²) in [6, 6.07) is 3.92. The second-order valence-electron chi connectivity index (χ2n) is 5.43. The van der Waals surface area contributed by atoms with E-state index in [1.807, 2.05) is 24.7 Å². The van der Waals surface area contributed by atoms with Crippen LogP contribution in [0.3, 0.4) is 0 Å². The molecule has 2 aromatic rings. The zero-order valence-corrected chi connectivity index (χ0v) is 11.2. The average Bonchev–Trinajstić information content (AvgIpc) is 2.90. The molecule has 1 aliphatic rings. The van der Waals surface area contributed by atoms with Crippen LogP contribution in [0.25, 0.3) is 0 Å². The fraction of sp³-hybridized carbons (Fsp3) is 0.500. The summed E-state index contributed by atoms with van der Waals surface area (Å²) in [6.07, 6.45) is 7.91. The Morgan fingerprint density at radius 3 is 2.95 bits per heavy atom. The minimum atomic E-state index is 0.212. The summed E-state index contributed by atoms with van der Waals surface area (Å²) in [5.41, 5.74) is 2.49. The molecule has 0 atom stereocenters. The number of imidazole rings is 1. The third-order valence-electron chi connectivity index (χ3n) is 4.00. The fourth-order valence-electron chi connectivity index (χ4n) is 2.78. The molecule has 5 nitrogen and oxygen atoms in total. The number of aromatic nitrogens is 4. The maximum absolute atomic E-state index is 4.33. The van der Waals surface area contributed by atoms with Gasteiger partial charge in [-0.3, -0.25) is 0 Å². The minimum Gasteiger partial charge on any atom is -0.328 e. The molecule has 5 heteroatoms. The molecule has 2 aromatic heterocycles. The Labute approximate surface area is 113 Å². The maximum Gasteiger partial charge on any atom is 0.0952 e. The largest absolute Gasteiger partial charge is 0.328 e. The Morgan fingerprint density at radius 2 is 2.21 bits per heavy atom. The van der Waals surface area contributed by atoms with Gasteiger partial charge in [-0.2, -0.15) is 10.2 Å². The van der Waals surface area contributed by atoms with E-state index in [0.29, 0.717) is 0 Å². The summed E-state index contributed by atoms with van der Waals surface area (Å²) in [5.74, 6) is 0. The van der Waals surface area contributed by atoms with Gasteiger partial charge in [-0.15, -0.1) is 0 Å². The molecule has 3 rings (SSSR count). The Balaban J connectivity index is 1.86. The first-order valence-electron chi connectivity index (χ1n) is 6.76. The number of nitrogens with zero attached hydrogens (tertiary/aromatic N) is 4. The van der Waals surface area contributed by atoms with Crippen LogP contribution in [0.2, 0.25) is 0 Å². The first-order valence-corrected chi connectivity index (χ1v) is 6.76. The number of rotatable bonds is 3. The smallest absolute Gasteiger partial charge is 0.0952 e. The van der Waals surface area contributed by atoms with Gasteiger partial charge in [-0.1, -0.05) is 6.92 Å². The van der Waals surface area contributed by atoms with E-state index in [1.165, 1.54) is 5.69 Å². The molecule has 0 amide bonds. The van der Waals surface area contributed by atoms with Crippen molar-refractivity contribution < 1.29 is 0 Å². The van der Waals surface area contributed by atoms with Crippen LogP contribution in [0.1, 0.15) is 31.2 Å². The molecule has 0 aromatic carbocycles. The van der Waals surface area contributed by atoms with Crippen molar-refractivity contribution in [3.05, 3.63) is 42.2 Å². The third kappa shape index (κ3) is 2.51. The highest BCUT2D eigenvalue weighted by Gasteiger charge is 2.31. The fourth-order valence-corrected chi connectivity index (χ4v) is 2.78. The molecule has 3 heterocycles. The van der Waals surface area contributed by atoms with E-state index >= 15 is 0 Å². The summed E-state index contributed by atoms with van der Waals surface area (Å²) in [6.45, 7) is 5.23. The average molecular weight is 257 g/mol. The van der Waals surface area contributed by atoms with Crippen molar-refractivity contribution in [2.24, 2.45) is 0 Å². The molecule has 0 spiro atoms. The summed E-state index contributed by atoms with van der Waals surface area (Å²) < 4.78 is 2.20. The zero-order valence-electron chi connectivity index (χ0n) is 11.2. The Morgan fingerprint density at radius 1 is 1.37 bits per heavy atom. The topological polar surface area (TPSA) is 55.6 Å². The standard InChI is InChI=1S/C14H19N5/c1-14(4-7-15-8-5-14)13-9-16-11-19(13)10-12-3-2-6-17-18-12/h2-3,6,9,11,15H,4-5,7-8,10H2,1H3. The van der Waals surface area contributed by atoms with Gasteiger partial charge < -0.3 is 9.88 Å². The number of piperidine rings is 1. The first kappa shape index (κ1) is 12.3. The lowest BCUT2D eigenvalue weighted by Gasteiger charge is -2.34. The van der Waals surface area contributed by atoms with E-state index in [2.05, 4.69) is 32.0 Å². The second kappa shape index (κ2) is 5.09. The van der Waals surface area contributed by atoms with Gasteiger partial charge in [0, 0.05) is 23.5 Å².